The molecule has 0 aromatic heterocycles. The number of hydrogen-bond acceptors (Lipinski definition) is 2. The third kappa shape index (κ3) is 3.80. The largest absolute Gasteiger partial charge is 0.330 e. The zero-order chi connectivity index (χ0) is 13.7. The fraction of sp³-hybridized carbons (Fsp3) is 0.647. The van der Waals surface area contributed by atoms with Gasteiger partial charge in [-0.2, -0.15) is 0 Å². The van der Waals surface area contributed by atoms with Crippen LogP contribution < -0.4 is 5.73 Å². The first-order valence-electron chi connectivity index (χ1n) is 7.77. The molecule has 0 aliphatic heterocycles. The van der Waals surface area contributed by atoms with Gasteiger partial charge in [0.2, 0.25) is 0 Å². The van der Waals surface area contributed by atoms with Gasteiger partial charge in [-0.25, -0.2) is 0 Å². The van der Waals surface area contributed by atoms with Crippen LogP contribution >= 0.6 is 0 Å². The molecule has 2 nitrogen and oxygen atoms in total. The Labute approximate surface area is 118 Å². The Morgan fingerprint density at radius 1 is 1.21 bits per heavy atom. The summed E-state index contributed by atoms with van der Waals surface area (Å²) in [6, 6.07) is 9.86. The number of benzene rings is 1. The topological polar surface area (TPSA) is 29.3 Å². The highest BCUT2D eigenvalue weighted by molar-refractivity contribution is 5.25. The molecule has 1 fully saturated rings. The molecule has 1 saturated carbocycles. The molecule has 1 aromatic carbocycles. The monoisotopic (exact) mass is 260 g/mol. The second kappa shape index (κ2) is 7.06. The smallest absolute Gasteiger partial charge is 0.0236 e. The van der Waals surface area contributed by atoms with Crippen molar-refractivity contribution >= 4 is 0 Å². The molecule has 2 rings (SSSR count). The molecule has 0 saturated heterocycles. The molecule has 0 radical (unpaired) electrons. The highest BCUT2D eigenvalue weighted by atomic mass is 15.1. The van der Waals surface area contributed by atoms with Gasteiger partial charge in [0.15, 0.2) is 0 Å². The van der Waals surface area contributed by atoms with Crippen molar-refractivity contribution in [1.82, 2.24) is 4.90 Å². The van der Waals surface area contributed by atoms with Crippen molar-refractivity contribution in [3.63, 3.8) is 0 Å². The SMILES string of the molecule is CCN(Cc1ccc(C(C)CN)cc1)C1CCCC1. The van der Waals surface area contributed by atoms with Crippen LogP contribution in [0.15, 0.2) is 24.3 Å². The summed E-state index contributed by atoms with van der Waals surface area (Å²) in [6.45, 7) is 7.45. The molecule has 2 N–H and O–H groups in total. The van der Waals surface area contributed by atoms with Crippen molar-refractivity contribution < 1.29 is 0 Å². The van der Waals surface area contributed by atoms with E-state index >= 15 is 0 Å². The summed E-state index contributed by atoms with van der Waals surface area (Å²) in [4.78, 5) is 2.63. The van der Waals surface area contributed by atoms with E-state index in [9.17, 15) is 0 Å². The van der Waals surface area contributed by atoms with Gasteiger partial charge in [-0.05, 0) is 43.0 Å². The van der Waals surface area contributed by atoms with E-state index in [0.29, 0.717) is 5.92 Å². The number of nitrogens with zero attached hydrogens (tertiary/aromatic N) is 1. The lowest BCUT2D eigenvalue weighted by atomic mass is 10.00. The summed E-state index contributed by atoms with van der Waals surface area (Å²) in [5.41, 5.74) is 8.51. The van der Waals surface area contributed by atoms with Crippen LogP contribution in [0.4, 0.5) is 0 Å². The number of hydrogen-bond donors (Lipinski definition) is 1. The van der Waals surface area contributed by atoms with E-state index in [-0.39, 0.29) is 0 Å². The van der Waals surface area contributed by atoms with Gasteiger partial charge >= 0.3 is 0 Å². The van der Waals surface area contributed by atoms with E-state index in [2.05, 4.69) is 43.0 Å². The van der Waals surface area contributed by atoms with Crippen molar-refractivity contribution in [3.8, 4) is 0 Å². The highest BCUT2D eigenvalue weighted by Gasteiger charge is 2.21. The molecule has 0 heterocycles. The quantitative estimate of drug-likeness (QED) is 0.848. The Morgan fingerprint density at radius 2 is 1.84 bits per heavy atom. The van der Waals surface area contributed by atoms with Crippen molar-refractivity contribution in [2.75, 3.05) is 13.1 Å². The van der Waals surface area contributed by atoms with Crippen molar-refractivity contribution in [2.45, 2.75) is 58.0 Å². The summed E-state index contributed by atoms with van der Waals surface area (Å²) in [6.07, 6.45) is 5.59. The van der Waals surface area contributed by atoms with Crippen molar-refractivity contribution in [1.29, 1.82) is 0 Å². The molecule has 19 heavy (non-hydrogen) atoms. The standard InChI is InChI=1S/C17H28N2/c1-3-19(17-6-4-5-7-17)13-15-8-10-16(11-9-15)14(2)12-18/h8-11,14,17H,3-7,12-13,18H2,1-2H3. The van der Waals surface area contributed by atoms with Gasteiger partial charge in [-0.15, -0.1) is 0 Å². The lowest BCUT2D eigenvalue weighted by molar-refractivity contribution is 0.200. The fourth-order valence-electron chi connectivity index (χ4n) is 3.09. The minimum absolute atomic E-state index is 0.464. The van der Waals surface area contributed by atoms with Gasteiger partial charge in [-0.3, -0.25) is 4.90 Å². The second-order valence-corrected chi connectivity index (χ2v) is 5.88. The maximum atomic E-state index is 5.72. The van der Waals surface area contributed by atoms with Crippen LogP contribution in [-0.2, 0) is 6.54 Å². The Kier molecular flexibility index (Phi) is 5.41. The third-order valence-electron chi connectivity index (χ3n) is 4.54. The van der Waals surface area contributed by atoms with E-state index in [4.69, 9.17) is 5.73 Å². The predicted octanol–water partition coefficient (Wildman–Crippen LogP) is 3.51. The van der Waals surface area contributed by atoms with E-state index < -0.39 is 0 Å². The molecule has 1 atom stereocenters. The normalized spacial score (nSPS) is 18.1. The Balaban J connectivity index is 1.97. The average molecular weight is 260 g/mol. The minimum atomic E-state index is 0.464. The van der Waals surface area contributed by atoms with Crippen LogP contribution in [-0.4, -0.2) is 24.0 Å². The number of nitrogens with two attached hydrogens (primary N) is 1. The van der Waals surface area contributed by atoms with Crippen molar-refractivity contribution in [2.24, 2.45) is 5.73 Å². The molecule has 1 aromatic rings. The van der Waals surface area contributed by atoms with Crippen molar-refractivity contribution in [3.05, 3.63) is 35.4 Å². The van der Waals surface area contributed by atoms with Gasteiger partial charge in [0.05, 0.1) is 0 Å². The van der Waals surface area contributed by atoms with Gasteiger partial charge < -0.3 is 5.73 Å². The first-order chi connectivity index (χ1) is 9.24. The lowest BCUT2D eigenvalue weighted by Gasteiger charge is -2.27. The summed E-state index contributed by atoms with van der Waals surface area (Å²) in [5.74, 6) is 0.464. The molecule has 0 spiro atoms. The Morgan fingerprint density at radius 3 is 2.37 bits per heavy atom. The van der Waals surface area contributed by atoms with Gasteiger partial charge in [0.25, 0.3) is 0 Å². The van der Waals surface area contributed by atoms with E-state index in [1.54, 1.807) is 0 Å². The van der Waals surface area contributed by atoms with E-state index in [0.717, 1.165) is 25.7 Å². The lowest BCUT2D eigenvalue weighted by Crippen LogP contribution is -2.32. The van der Waals surface area contributed by atoms with Gasteiger partial charge in [0, 0.05) is 12.6 Å². The second-order valence-electron chi connectivity index (χ2n) is 5.88. The summed E-state index contributed by atoms with van der Waals surface area (Å²) in [7, 11) is 0. The molecular formula is C17H28N2. The molecule has 1 aliphatic carbocycles. The van der Waals surface area contributed by atoms with Crippen LogP contribution in [0.5, 0.6) is 0 Å². The molecule has 1 aliphatic rings. The molecule has 0 amide bonds. The van der Waals surface area contributed by atoms with Crippen LogP contribution in [0.2, 0.25) is 0 Å². The molecule has 0 bridgehead atoms. The fourth-order valence-corrected chi connectivity index (χ4v) is 3.09. The highest BCUT2D eigenvalue weighted by Crippen LogP contribution is 2.25. The first kappa shape index (κ1) is 14.5. The maximum Gasteiger partial charge on any atom is 0.0236 e. The first-order valence-corrected chi connectivity index (χ1v) is 7.77. The van der Waals surface area contributed by atoms with Crippen LogP contribution in [0.1, 0.15) is 56.6 Å². The zero-order valence-corrected chi connectivity index (χ0v) is 12.4. The molecule has 2 heteroatoms. The van der Waals surface area contributed by atoms with E-state index in [1.165, 1.54) is 36.8 Å². The Bertz CT molecular complexity index is 365. The summed E-state index contributed by atoms with van der Waals surface area (Å²) in [5, 5.41) is 0. The minimum Gasteiger partial charge on any atom is -0.330 e. The third-order valence-corrected chi connectivity index (χ3v) is 4.54. The molecule has 106 valence electrons. The van der Waals surface area contributed by atoms with Gasteiger partial charge in [-0.1, -0.05) is 51.0 Å². The van der Waals surface area contributed by atoms with Crippen LogP contribution in [0, 0.1) is 0 Å². The molecule has 1 unspecified atom stereocenters. The molecular weight excluding hydrogens is 232 g/mol. The van der Waals surface area contributed by atoms with Crippen LogP contribution in [0.3, 0.4) is 0 Å². The Hall–Kier alpha value is -0.860. The number of rotatable bonds is 6. The van der Waals surface area contributed by atoms with E-state index in [1.807, 2.05) is 0 Å². The summed E-state index contributed by atoms with van der Waals surface area (Å²) < 4.78 is 0. The van der Waals surface area contributed by atoms with Crippen LogP contribution in [0.25, 0.3) is 0 Å². The maximum absolute atomic E-state index is 5.72. The predicted molar refractivity (Wildman–Crippen MR) is 82.3 cm³/mol. The summed E-state index contributed by atoms with van der Waals surface area (Å²) >= 11 is 0. The average Bonchev–Trinajstić information content (AvgIpc) is 2.98. The van der Waals surface area contributed by atoms with Gasteiger partial charge in [0.1, 0.15) is 0 Å². The zero-order valence-electron chi connectivity index (χ0n) is 12.4.